The largest absolute Gasteiger partial charge is 0.472 e. The molecule has 1 saturated heterocycles. The lowest BCUT2D eigenvalue weighted by atomic mass is 9.97. The monoisotopic (exact) mass is 497 g/mol. The normalized spacial score (nSPS) is 24.5. The lowest BCUT2D eigenvalue weighted by Gasteiger charge is -2.38. The van der Waals surface area contributed by atoms with E-state index in [1.807, 2.05) is 13.0 Å². The number of ether oxygens (including phenoxy) is 2. The fourth-order valence-electron chi connectivity index (χ4n) is 5.65. The van der Waals surface area contributed by atoms with E-state index in [1.165, 1.54) is 25.7 Å². The molecule has 1 aromatic heterocycles. The molecule has 3 atom stereocenters. The van der Waals surface area contributed by atoms with Crippen LogP contribution in [0, 0.1) is 29.6 Å². The molecule has 1 aromatic rings. The van der Waals surface area contributed by atoms with E-state index in [9.17, 15) is 9.90 Å². The number of aromatic nitrogens is 1. The summed E-state index contributed by atoms with van der Waals surface area (Å²) in [7, 11) is 2.14. The predicted octanol–water partition coefficient (Wildman–Crippen LogP) is 3.59. The molecule has 7 heteroatoms. The molecule has 0 unspecified atom stereocenters. The van der Waals surface area contributed by atoms with E-state index in [0.29, 0.717) is 29.8 Å². The molecule has 4 rings (SSSR count). The van der Waals surface area contributed by atoms with Gasteiger partial charge in [-0.3, -0.25) is 4.79 Å². The van der Waals surface area contributed by atoms with Crippen molar-refractivity contribution in [1.82, 2.24) is 14.8 Å². The molecule has 0 spiro atoms. The molecule has 2 fully saturated rings. The molecule has 7 nitrogen and oxygen atoms in total. The van der Waals surface area contributed by atoms with Crippen molar-refractivity contribution < 1.29 is 19.4 Å². The molecule has 2 aliphatic heterocycles. The van der Waals surface area contributed by atoms with E-state index in [-0.39, 0.29) is 30.6 Å². The maximum absolute atomic E-state index is 13.6. The molecular weight excluding hydrogens is 454 g/mol. The number of hydrogen-bond acceptors (Lipinski definition) is 6. The van der Waals surface area contributed by atoms with Crippen LogP contribution in [0.2, 0.25) is 0 Å². The van der Waals surface area contributed by atoms with Crippen LogP contribution in [-0.4, -0.2) is 84.4 Å². The summed E-state index contributed by atoms with van der Waals surface area (Å²) in [5.74, 6) is 8.16. The van der Waals surface area contributed by atoms with Crippen molar-refractivity contribution in [2.45, 2.75) is 70.9 Å². The van der Waals surface area contributed by atoms with Crippen LogP contribution in [0.15, 0.2) is 12.3 Å². The van der Waals surface area contributed by atoms with E-state index in [4.69, 9.17) is 9.47 Å². The van der Waals surface area contributed by atoms with Gasteiger partial charge in [0.05, 0.1) is 12.6 Å². The molecule has 198 valence electrons. The van der Waals surface area contributed by atoms with Crippen LogP contribution in [0.5, 0.6) is 5.88 Å². The van der Waals surface area contributed by atoms with Gasteiger partial charge in [-0.25, -0.2) is 4.98 Å². The van der Waals surface area contributed by atoms with Gasteiger partial charge in [-0.2, -0.15) is 0 Å². The van der Waals surface area contributed by atoms with E-state index in [1.54, 1.807) is 11.1 Å². The average Bonchev–Trinajstić information content (AvgIpc) is 3.40. The van der Waals surface area contributed by atoms with Crippen molar-refractivity contribution in [3.05, 3.63) is 23.4 Å². The summed E-state index contributed by atoms with van der Waals surface area (Å²) in [5, 5.41) is 9.89. The number of nitrogens with zero attached hydrogens (tertiary/aromatic N) is 3. The second kappa shape index (κ2) is 12.9. The highest BCUT2D eigenvalue weighted by molar-refractivity contribution is 5.97. The molecule has 1 saturated carbocycles. The number of carbonyl (C=O) groups excluding carboxylic acids is 1. The van der Waals surface area contributed by atoms with Crippen molar-refractivity contribution in [3.8, 4) is 17.7 Å². The summed E-state index contributed by atoms with van der Waals surface area (Å²) in [5.41, 5.74) is 1.18. The van der Waals surface area contributed by atoms with Crippen LogP contribution in [0.25, 0.3) is 0 Å². The Bertz CT molecular complexity index is 930. The first-order chi connectivity index (χ1) is 17.4. The zero-order valence-electron chi connectivity index (χ0n) is 22.2. The molecule has 0 radical (unpaired) electrons. The lowest BCUT2D eigenvalue weighted by molar-refractivity contribution is 0.0254. The number of aliphatic hydroxyl groups excluding tert-OH is 1. The Morgan fingerprint density at radius 2 is 1.94 bits per heavy atom. The zero-order chi connectivity index (χ0) is 25.5. The Labute approximate surface area is 216 Å². The fraction of sp³-hybridized carbons (Fsp3) is 0.724. The third kappa shape index (κ3) is 7.00. The Morgan fingerprint density at radius 1 is 1.19 bits per heavy atom. The summed E-state index contributed by atoms with van der Waals surface area (Å²) in [6.07, 6.45) is 9.83. The van der Waals surface area contributed by atoms with E-state index in [0.717, 1.165) is 51.1 Å². The standard InChI is InChI=1S/C29H43N3O4/c1-21-17-32(22(2)20-33)29(34)26-15-25(10-6-9-23-7-4-5-8-23)16-30-28(26)36-27(21)19-31(3)18-24-11-13-35-14-12-24/h15-16,21-24,27,33H,4-5,7-9,11-14,17-20H2,1-3H3/t21-,22-,27+/m0/s1. The molecule has 3 heterocycles. The topological polar surface area (TPSA) is 75.1 Å². The van der Waals surface area contributed by atoms with E-state index in [2.05, 4.69) is 35.7 Å². The number of hydrogen-bond donors (Lipinski definition) is 1. The zero-order valence-corrected chi connectivity index (χ0v) is 22.2. The Hall–Kier alpha value is -2.14. The van der Waals surface area contributed by atoms with Crippen molar-refractivity contribution in [2.75, 3.05) is 46.5 Å². The van der Waals surface area contributed by atoms with Crippen LogP contribution in [0.3, 0.4) is 0 Å². The predicted molar refractivity (Wildman–Crippen MR) is 140 cm³/mol. The number of amides is 1. The molecule has 3 aliphatic rings. The third-order valence-electron chi connectivity index (χ3n) is 8.02. The second-order valence-electron chi connectivity index (χ2n) is 11.1. The van der Waals surface area contributed by atoms with Crippen LogP contribution in [-0.2, 0) is 4.74 Å². The quantitative estimate of drug-likeness (QED) is 0.581. The highest BCUT2D eigenvalue weighted by Crippen LogP contribution is 2.29. The maximum Gasteiger partial charge on any atom is 0.259 e. The lowest BCUT2D eigenvalue weighted by Crippen LogP contribution is -2.50. The number of rotatable bonds is 7. The first-order valence-corrected chi connectivity index (χ1v) is 13.8. The summed E-state index contributed by atoms with van der Waals surface area (Å²) < 4.78 is 12.0. The van der Waals surface area contributed by atoms with E-state index >= 15 is 0 Å². The smallest absolute Gasteiger partial charge is 0.259 e. The molecule has 1 aliphatic carbocycles. The minimum atomic E-state index is -0.288. The minimum Gasteiger partial charge on any atom is -0.472 e. The SMILES string of the molecule is C[C@H]1CN([C@@H](C)CO)C(=O)c2cc(C#CCC3CCCC3)cnc2O[C@@H]1CN(C)CC1CCOCC1. The molecule has 36 heavy (non-hydrogen) atoms. The number of carbonyl (C=O) groups is 1. The summed E-state index contributed by atoms with van der Waals surface area (Å²) >= 11 is 0. The highest BCUT2D eigenvalue weighted by atomic mass is 16.5. The molecule has 0 bridgehead atoms. The fourth-order valence-corrected chi connectivity index (χ4v) is 5.65. The third-order valence-corrected chi connectivity index (χ3v) is 8.02. The van der Waals surface area contributed by atoms with Gasteiger partial charge in [-0.15, -0.1) is 0 Å². The van der Waals surface area contributed by atoms with Crippen LogP contribution in [0.4, 0.5) is 0 Å². The maximum atomic E-state index is 13.6. The number of pyridine rings is 1. The van der Waals surface area contributed by atoms with Gasteiger partial charge in [0.25, 0.3) is 5.91 Å². The molecular formula is C29H43N3O4. The van der Waals surface area contributed by atoms with E-state index < -0.39 is 0 Å². The van der Waals surface area contributed by atoms with Crippen LogP contribution >= 0.6 is 0 Å². The van der Waals surface area contributed by atoms with Crippen molar-refractivity contribution in [3.63, 3.8) is 0 Å². The van der Waals surface area contributed by atoms with Gasteiger partial charge in [-0.05, 0) is 57.6 Å². The van der Waals surface area contributed by atoms with Crippen molar-refractivity contribution in [2.24, 2.45) is 17.8 Å². The number of aliphatic hydroxyl groups is 1. The average molecular weight is 498 g/mol. The Kier molecular flexibility index (Phi) is 9.64. The van der Waals surface area contributed by atoms with Gasteiger partial charge >= 0.3 is 0 Å². The molecule has 1 N–H and O–H groups in total. The van der Waals surface area contributed by atoms with Crippen molar-refractivity contribution in [1.29, 1.82) is 0 Å². The molecule has 0 aromatic carbocycles. The van der Waals surface area contributed by atoms with Gasteiger partial charge in [0.2, 0.25) is 5.88 Å². The number of likely N-dealkylation sites (N-methyl/N-ethyl adjacent to an activating group) is 1. The minimum absolute atomic E-state index is 0.0842. The Morgan fingerprint density at radius 3 is 2.67 bits per heavy atom. The summed E-state index contributed by atoms with van der Waals surface area (Å²) in [6.45, 7) is 7.87. The first kappa shape index (κ1) is 26.9. The second-order valence-corrected chi connectivity index (χ2v) is 11.1. The molecule has 1 amide bonds. The van der Waals surface area contributed by atoms with Crippen molar-refractivity contribution >= 4 is 5.91 Å². The Balaban J connectivity index is 1.53. The van der Waals surface area contributed by atoms with Crippen LogP contribution < -0.4 is 4.74 Å². The summed E-state index contributed by atoms with van der Waals surface area (Å²) in [4.78, 5) is 22.3. The number of fused-ring (bicyclic) bond motifs is 1. The first-order valence-electron chi connectivity index (χ1n) is 13.8. The van der Waals surface area contributed by atoms with Gasteiger partial charge in [0.1, 0.15) is 11.7 Å². The van der Waals surface area contributed by atoms with Gasteiger partial charge in [-0.1, -0.05) is 31.6 Å². The van der Waals surface area contributed by atoms with Gasteiger partial charge in [0.15, 0.2) is 0 Å². The van der Waals surface area contributed by atoms with Crippen LogP contribution in [0.1, 0.15) is 74.7 Å². The van der Waals surface area contributed by atoms with Gasteiger partial charge in [0, 0.05) is 56.9 Å². The summed E-state index contributed by atoms with van der Waals surface area (Å²) in [6, 6.07) is 1.53. The highest BCUT2D eigenvalue weighted by Gasteiger charge is 2.34. The van der Waals surface area contributed by atoms with Gasteiger partial charge < -0.3 is 24.4 Å².